The molecule has 0 saturated carbocycles. The van der Waals surface area contributed by atoms with Crippen molar-refractivity contribution in [2.75, 3.05) is 11.1 Å². The lowest BCUT2D eigenvalue weighted by Gasteiger charge is -2.13. The number of halogens is 2. The average Bonchev–Trinajstić information content (AvgIpc) is 2.76. The molecular weight excluding hydrogens is 439 g/mol. The Morgan fingerprint density at radius 1 is 1.19 bits per heavy atom. The summed E-state index contributed by atoms with van der Waals surface area (Å²) in [5.74, 6) is -0.746. The van der Waals surface area contributed by atoms with E-state index in [2.05, 4.69) is 15.3 Å². The van der Waals surface area contributed by atoms with Crippen molar-refractivity contribution in [1.82, 2.24) is 14.5 Å². The van der Waals surface area contributed by atoms with E-state index < -0.39 is 11.7 Å². The van der Waals surface area contributed by atoms with Crippen molar-refractivity contribution < 1.29 is 9.18 Å². The minimum atomic E-state index is -0.590. The van der Waals surface area contributed by atoms with Gasteiger partial charge in [-0.1, -0.05) is 41.6 Å². The molecular formula is C22H16ClFN4O2S. The van der Waals surface area contributed by atoms with Gasteiger partial charge in [-0.3, -0.25) is 9.59 Å². The molecule has 31 heavy (non-hydrogen) atoms. The Balaban J connectivity index is 1.67. The molecule has 0 bridgehead atoms. The quantitative estimate of drug-likeness (QED) is 0.352. The van der Waals surface area contributed by atoms with Crippen LogP contribution in [0.5, 0.6) is 0 Å². The van der Waals surface area contributed by atoms with E-state index in [0.717, 1.165) is 17.3 Å². The Bertz CT molecular complexity index is 1340. The van der Waals surface area contributed by atoms with Gasteiger partial charge >= 0.3 is 0 Å². The van der Waals surface area contributed by atoms with Crippen LogP contribution < -0.4 is 10.9 Å². The number of nitrogens with zero attached hydrogens (tertiary/aromatic N) is 3. The molecule has 2 aromatic heterocycles. The zero-order chi connectivity index (χ0) is 22.0. The predicted octanol–water partition coefficient (Wildman–Crippen LogP) is 4.61. The van der Waals surface area contributed by atoms with E-state index in [1.807, 2.05) is 13.0 Å². The normalized spacial score (nSPS) is 10.9. The third-order valence-electron chi connectivity index (χ3n) is 4.40. The zero-order valence-corrected chi connectivity index (χ0v) is 17.9. The molecule has 2 aromatic carbocycles. The summed E-state index contributed by atoms with van der Waals surface area (Å²) in [6.45, 7) is 1.90. The first kappa shape index (κ1) is 21.0. The van der Waals surface area contributed by atoms with Gasteiger partial charge < -0.3 is 5.32 Å². The number of thioether (sulfide) groups is 1. The van der Waals surface area contributed by atoms with Crippen LogP contribution in [-0.4, -0.2) is 26.2 Å². The van der Waals surface area contributed by atoms with Crippen molar-refractivity contribution in [3.8, 4) is 5.82 Å². The summed E-state index contributed by atoms with van der Waals surface area (Å²) in [6.07, 6.45) is 1.65. The summed E-state index contributed by atoms with van der Waals surface area (Å²) in [4.78, 5) is 34.5. The second-order valence-corrected chi connectivity index (χ2v) is 8.09. The van der Waals surface area contributed by atoms with Crippen molar-refractivity contribution in [2.45, 2.75) is 12.1 Å². The van der Waals surface area contributed by atoms with Crippen LogP contribution in [-0.2, 0) is 4.79 Å². The molecule has 2 heterocycles. The Labute approximate surface area is 186 Å². The van der Waals surface area contributed by atoms with Gasteiger partial charge in [-0.25, -0.2) is 18.9 Å². The first-order chi connectivity index (χ1) is 14.9. The first-order valence-corrected chi connectivity index (χ1v) is 10.6. The zero-order valence-electron chi connectivity index (χ0n) is 16.3. The highest BCUT2D eigenvalue weighted by molar-refractivity contribution is 7.99. The first-order valence-electron chi connectivity index (χ1n) is 9.25. The van der Waals surface area contributed by atoms with Gasteiger partial charge in [-0.15, -0.1) is 0 Å². The molecule has 1 amide bonds. The lowest BCUT2D eigenvalue weighted by atomic mass is 10.2. The van der Waals surface area contributed by atoms with Crippen LogP contribution >= 0.6 is 23.4 Å². The minimum absolute atomic E-state index is 0.0119. The van der Waals surface area contributed by atoms with Crippen LogP contribution in [0.4, 0.5) is 10.1 Å². The molecule has 6 nitrogen and oxygen atoms in total. The van der Waals surface area contributed by atoms with Crippen LogP contribution in [0.15, 0.2) is 70.7 Å². The number of benzene rings is 2. The number of aromatic nitrogens is 3. The van der Waals surface area contributed by atoms with Gasteiger partial charge in [0.15, 0.2) is 5.16 Å². The molecule has 4 rings (SSSR count). The molecule has 0 saturated heterocycles. The molecule has 0 unspecified atom stereocenters. The smallest absolute Gasteiger partial charge is 0.267 e. The van der Waals surface area contributed by atoms with Gasteiger partial charge in [0.1, 0.15) is 11.6 Å². The van der Waals surface area contributed by atoms with E-state index in [1.165, 1.54) is 22.8 Å². The van der Waals surface area contributed by atoms with Crippen molar-refractivity contribution >= 4 is 45.9 Å². The van der Waals surface area contributed by atoms with Crippen molar-refractivity contribution in [3.05, 3.63) is 87.6 Å². The lowest BCUT2D eigenvalue weighted by Crippen LogP contribution is -2.23. The molecule has 0 radical (unpaired) electrons. The number of hydrogen-bond acceptors (Lipinski definition) is 5. The summed E-state index contributed by atoms with van der Waals surface area (Å²) >= 11 is 6.92. The topological polar surface area (TPSA) is 76.9 Å². The molecule has 0 fully saturated rings. The van der Waals surface area contributed by atoms with Crippen LogP contribution in [0.3, 0.4) is 0 Å². The number of aryl methyl sites for hydroxylation is 1. The highest BCUT2D eigenvalue weighted by atomic mass is 35.5. The van der Waals surface area contributed by atoms with E-state index in [9.17, 15) is 14.0 Å². The standard InChI is InChI=1S/C22H16ClFN4O2S/c1-13-6-9-19(25-11-13)28-21(30)15-4-2-3-5-17(15)27-22(28)31-12-20(29)26-18-10-14(23)7-8-16(18)24/h2-11H,12H2,1H3,(H,26,29). The van der Waals surface area contributed by atoms with Crippen molar-refractivity contribution in [2.24, 2.45) is 0 Å². The van der Waals surface area contributed by atoms with Crippen LogP contribution in [0.2, 0.25) is 5.02 Å². The molecule has 9 heteroatoms. The fourth-order valence-electron chi connectivity index (χ4n) is 2.91. The molecule has 4 aromatic rings. The van der Waals surface area contributed by atoms with Gasteiger partial charge in [0, 0.05) is 11.2 Å². The number of fused-ring (bicyclic) bond motifs is 1. The molecule has 0 aliphatic rings. The molecule has 0 aliphatic carbocycles. The largest absolute Gasteiger partial charge is 0.323 e. The van der Waals surface area contributed by atoms with Crippen molar-refractivity contribution in [1.29, 1.82) is 0 Å². The Kier molecular flexibility index (Phi) is 6.01. The second kappa shape index (κ2) is 8.87. The number of carbonyl (C=O) groups excluding carboxylic acids is 1. The predicted molar refractivity (Wildman–Crippen MR) is 121 cm³/mol. The number of rotatable bonds is 5. The van der Waals surface area contributed by atoms with Gasteiger partial charge in [0.25, 0.3) is 5.56 Å². The maximum absolute atomic E-state index is 13.9. The SMILES string of the molecule is Cc1ccc(-n2c(SCC(=O)Nc3cc(Cl)ccc3F)nc3ccccc3c2=O)nc1. The van der Waals surface area contributed by atoms with E-state index in [4.69, 9.17) is 11.6 Å². The number of amides is 1. The third kappa shape index (κ3) is 4.60. The average molecular weight is 455 g/mol. The van der Waals surface area contributed by atoms with E-state index in [-0.39, 0.29) is 17.0 Å². The summed E-state index contributed by atoms with van der Waals surface area (Å²) in [5.41, 5.74) is 1.16. The lowest BCUT2D eigenvalue weighted by molar-refractivity contribution is -0.113. The number of nitrogens with one attached hydrogen (secondary N) is 1. The van der Waals surface area contributed by atoms with Crippen LogP contribution in [0.25, 0.3) is 16.7 Å². The maximum atomic E-state index is 13.9. The van der Waals surface area contributed by atoms with Crippen LogP contribution in [0.1, 0.15) is 5.56 Å². The highest BCUT2D eigenvalue weighted by Crippen LogP contribution is 2.23. The van der Waals surface area contributed by atoms with Crippen LogP contribution in [0, 0.1) is 12.7 Å². The molecule has 0 aliphatic heterocycles. The molecule has 0 spiro atoms. The number of pyridine rings is 1. The number of hydrogen-bond donors (Lipinski definition) is 1. The minimum Gasteiger partial charge on any atom is -0.323 e. The second-order valence-electron chi connectivity index (χ2n) is 6.71. The van der Waals surface area contributed by atoms with Gasteiger partial charge in [0.2, 0.25) is 5.91 Å². The summed E-state index contributed by atoms with van der Waals surface area (Å²) < 4.78 is 15.3. The summed E-state index contributed by atoms with van der Waals surface area (Å²) in [6, 6.07) is 14.4. The number of carbonyl (C=O) groups is 1. The van der Waals surface area contributed by atoms with E-state index >= 15 is 0 Å². The molecule has 156 valence electrons. The Hall–Kier alpha value is -3.23. The van der Waals surface area contributed by atoms with Gasteiger partial charge in [-0.2, -0.15) is 0 Å². The number of para-hydroxylation sites is 1. The maximum Gasteiger partial charge on any atom is 0.267 e. The fourth-order valence-corrected chi connectivity index (χ4v) is 3.89. The van der Waals surface area contributed by atoms with Crippen molar-refractivity contribution in [3.63, 3.8) is 0 Å². The Morgan fingerprint density at radius 3 is 2.77 bits per heavy atom. The highest BCUT2D eigenvalue weighted by Gasteiger charge is 2.16. The Morgan fingerprint density at radius 2 is 2.00 bits per heavy atom. The van der Waals surface area contributed by atoms with Gasteiger partial charge in [-0.05, 0) is 48.9 Å². The third-order valence-corrected chi connectivity index (χ3v) is 5.58. The fraction of sp³-hybridized carbons (Fsp3) is 0.0909. The van der Waals surface area contributed by atoms with E-state index in [0.29, 0.717) is 26.9 Å². The van der Waals surface area contributed by atoms with E-state index in [1.54, 1.807) is 36.5 Å². The monoisotopic (exact) mass is 454 g/mol. The molecule has 1 N–H and O–H groups in total. The summed E-state index contributed by atoms with van der Waals surface area (Å²) in [5, 5.41) is 3.55. The number of anilines is 1. The summed E-state index contributed by atoms with van der Waals surface area (Å²) in [7, 11) is 0. The van der Waals surface area contributed by atoms with Gasteiger partial charge in [0.05, 0.1) is 22.3 Å². The molecule has 0 atom stereocenters.